The molecular formula is C40H42BBr2F13I3KO. The van der Waals surface area contributed by atoms with E-state index in [4.69, 9.17) is 5.11 Å². The van der Waals surface area contributed by atoms with E-state index < -0.39 is 53.5 Å². The molecule has 0 aliphatic carbocycles. The average Bonchev–Trinajstić information content (AvgIpc) is 3.03. The molecule has 0 bridgehead atoms. The van der Waals surface area contributed by atoms with Crippen molar-refractivity contribution in [3.8, 4) is 5.75 Å². The predicted octanol–water partition coefficient (Wildman–Crippen LogP) is 16.2. The largest absolute Gasteiger partial charge is 1.00 e. The molecule has 0 aromatic heterocycles. The third kappa shape index (κ3) is 33.3. The summed E-state index contributed by atoms with van der Waals surface area (Å²) in [5, 5.41) is 8.63. The van der Waals surface area contributed by atoms with Crippen LogP contribution in [0.2, 0.25) is 0 Å². The molecule has 0 saturated heterocycles. The van der Waals surface area contributed by atoms with Gasteiger partial charge in [-0.3, -0.25) is 0 Å². The molecule has 4 rings (SSSR count). The summed E-state index contributed by atoms with van der Waals surface area (Å²) >= 11 is 12.5. The number of para-hydroxylation sites is 1. The number of allylic oxidation sites excluding steroid dienone is 2. The number of phenolic OH excluding ortho intramolecular Hbond substituents is 1. The Morgan fingerprint density at radius 2 is 0.934 bits per heavy atom. The van der Waals surface area contributed by atoms with Crippen LogP contribution in [0.1, 0.15) is 74.4 Å². The minimum atomic E-state index is -4.75. The molecule has 0 spiro atoms. The van der Waals surface area contributed by atoms with Crippen molar-refractivity contribution in [1.82, 2.24) is 0 Å². The summed E-state index contributed by atoms with van der Waals surface area (Å²) in [5.41, 5.74) is -2.05. The summed E-state index contributed by atoms with van der Waals surface area (Å²) in [5.74, 6) is -0.945. The maximum absolute atomic E-state index is 12.6. The second-order valence-electron chi connectivity index (χ2n) is 12.0. The van der Waals surface area contributed by atoms with E-state index in [9.17, 15) is 56.9 Å². The number of benzene rings is 4. The Morgan fingerprint density at radius 3 is 1.15 bits per heavy atom. The molecule has 0 unspecified atom stereocenters. The van der Waals surface area contributed by atoms with Crippen LogP contribution in [-0.2, 0) is 18.5 Å². The number of aryl methyl sites for hydroxylation is 2. The summed E-state index contributed by atoms with van der Waals surface area (Å²) in [6.07, 6.45) is -12.0. The summed E-state index contributed by atoms with van der Waals surface area (Å²) in [6, 6.07) is 20.7. The molecule has 1 nitrogen and oxygen atoms in total. The second kappa shape index (κ2) is 31.9. The van der Waals surface area contributed by atoms with Gasteiger partial charge in [0.15, 0.2) is 0 Å². The quantitative estimate of drug-likeness (QED) is 0.0918. The summed E-state index contributed by atoms with van der Waals surface area (Å²) < 4.78 is 157. The van der Waals surface area contributed by atoms with Crippen LogP contribution < -0.4 is 51.4 Å². The summed E-state index contributed by atoms with van der Waals surface area (Å²) in [7, 11) is 0. The van der Waals surface area contributed by atoms with Crippen molar-refractivity contribution in [2.45, 2.75) is 72.9 Å². The molecule has 1 N–H and O–H groups in total. The molecule has 61 heavy (non-hydrogen) atoms. The Morgan fingerprint density at radius 1 is 0.623 bits per heavy atom. The third-order valence-corrected chi connectivity index (χ3v) is 7.40. The number of halogens is 18. The van der Waals surface area contributed by atoms with Gasteiger partial charge < -0.3 is 18.1 Å². The van der Waals surface area contributed by atoms with Crippen molar-refractivity contribution in [3.63, 3.8) is 0 Å². The maximum Gasteiger partial charge on any atom is 1.00 e. The van der Waals surface area contributed by atoms with E-state index in [2.05, 4.69) is 134 Å². The van der Waals surface area contributed by atoms with Gasteiger partial charge in [-0.2, -0.15) is 39.5 Å². The van der Waals surface area contributed by atoms with Gasteiger partial charge >= 0.3 is 76.9 Å². The molecule has 21 heteroatoms. The number of hydrogen-bond donors (Lipinski definition) is 1. The zero-order valence-corrected chi connectivity index (χ0v) is 46.8. The standard InChI is InChI=1S/C11H11F3.C8H6BrF3.C7H3BrF4.C6H6O.C3H5BF3.C3H8.C2H3I3.K/c1-7(2)9-6-4-5-8(3)10(9)11(12,13)14;1-5-3-2-4-6(9)7(5)8(10,11)12;8-4-2-1-3-5(9)6(4)7(10,11)12;7-6-4-2-1-3-5-6;1-3(2)4(5,6)7;1-3-2;1-2(3,4)5;/h4-6H,1H2,2-3H3;2-4H,1H3;1-3H;1-5,7H;1H2,2H3;3H2,1-2H3;1H3;/q;;;;-1;;;+1. The second-order valence-corrected chi connectivity index (χ2v) is 26.4. The first-order chi connectivity index (χ1) is 26.9. The van der Waals surface area contributed by atoms with Gasteiger partial charge in [0.1, 0.15) is 16.6 Å². The molecule has 338 valence electrons. The van der Waals surface area contributed by atoms with Crippen LogP contribution >= 0.6 is 99.6 Å². The van der Waals surface area contributed by atoms with Gasteiger partial charge in [-0.15, -0.1) is 12.1 Å². The van der Waals surface area contributed by atoms with Crippen LogP contribution in [0.4, 0.5) is 56.9 Å². The van der Waals surface area contributed by atoms with Crippen LogP contribution in [0, 0.1) is 19.7 Å². The minimum Gasteiger partial charge on any atom is -0.508 e. The predicted molar refractivity (Wildman–Crippen MR) is 252 cm³/mol. The van der Waals surface area contributed by atoms with Crippen molar-refractivity contribution in [2.24, 2.45) is 0 Å². The number of aromatic hydroxyl groups is 1. The molecule has 0 fully saturated rings. The number of phenols is 1. The fourth-order valence-corrected chi connectivity index (χ4v) is 4.84. The summed E-state index contributed by atoms with van der Waals surface area (Å²) in [4.78, 5) is 0. The Balaban J connectivity index is -0.000000323. The van der Waals surface area contributed by atoms with Crippen molar-refractivity contribution in [1.29, 1.82) is 0 Å². The fraction of sp³-hybridized carbons (Fsp3) is 0.300. The first-order valence-electron chi connectivity index (χ1n) is 16.8. The smallest absolute Gasteiger partial charge is 0.508 e. The molecule has 0 aliphatic rings. The molecule has 0 aliphatic heterocycles. The van der Waals surface area contributed by atoms with E-state index in [0.717, 1.165) is 19.1 Å². The number of alkyl halides is 12. The van der Waals surface area contributed by atoms with Gasteiger partial charge in [0.25, 0.3) is 0 Å². The van der Waals surface area contributed by atoms with Crippen molar-refractivity contribution in [2.75, 3.05) is 0 Å². The van der Waals surface area contributed by atoms with Gasteiger partial charge in [-0.25, -0.2) is 4.39 Å². The normalized spacial score (nSPS) is 10.8. The maximum atomic E-state index is 12.6. The van der Waals surface area contributed by atoms with Gasteiger partial charge in [0.05, 0.1) is 11.1 Å². The van der Waals surface area contributed by atoms with E-state index in [-0.39, 0.29) is 77.0 Å². The first kappa shape index (κ1) is 67.7. The topological polar surface area (TPSA) is 20.2 Å². The van der Waals surface area contributed by atoms with E-state index >= 15 is 0 Å². The molecule has 0 saturated carbocycles. The number of rotatable bonds is 2. The molecule has 0 atom stereocenters. The van der Waals surface area contributed by atoms with Gasteiger partial charge in [0.2, 0.25) is 0 Å². The number of hydrogen-bond acceptors (Lipinski definition) is 1. The van der Waals surface area contributed by atoms with Gasteiger partial charge in [-0.05, 0) is 74.7 Å². The monoisotopic (exact) mass is 1370 g/mol. The van der Waals surface area contributed by atoms with Crippen molar-refractivity contribution >= 4 is 112 Å². The Hall–Kier alpha value is 0.101. The van der Waals surface area contributed by atoms with E-state index in [0.29, 0.717) is 10.8 Å². The van der Waals surface area contributed by atoms with Crippen molar-refractivity contribution < 1.29 is 113 Å². The molecule has 0 radical (unpaired) electrons. The van der Waals surface area contributed by atoms with Crippen LogP contribution in [-0.4, -0.2) is 11.5 Å². The summed E-state index contributed by atoms with van der Waals surface area (Å²) in [6.45, 7) is 13.3. The van der Waals surface area contributed by atoms with Crippen LogP contribution in [0.15, 0.2) is 113 Å². The average molecular weight is 1380 g/mol. The molecule has 4 aromatic carbocycles. The Labute approximate surface area is 449 Å². The molecule has 0 heterocycles. The zero-order valence-electron chi connectivity index (χ0n) is 34.0. The van der Waals surface area contributed by atoms with E-state index in [1.54, 1.807) is 43.3 Å². The van der Waals surface area contributed by atoms with E-state index in [1.807, 2.05) is 6.07 Å². The minimum absolute atomic E-state index is 0. The van der Waals surface area contributed by atoms with Gasteiger partial charge in [-0.1, -0.05) is 194 Å². The van der Waals surface area contributed by atoms with Crippen LogP contribution in [0.25, 0.3) is 5.57 Å². The van der Waals surface area contributed by atoms with Crippen LogP contribution in [0.3, 0.4) is 0 Å². The Kier molecular flexibility index (Phi) is 35.4. The Bertz CT molecular complexity index is 1780. The van der Waals surface area contributed by atoms with E-state index in [1.165, 1.54) is 50.6 Å². The molecule has 4 aromatic rings. The third-order valence-electron chi connectivity index (χ3n) is 6.08. The first-order valence-corrected chi connectivity index (χ1v) is 21.6. The fourth-order valence-electron chi connectivity index (χ4n) is 3.59. The zero-order chi connectivity index (χ0) is 48.0. The van der Waals surface area contributed by atoms with Crippen LogP contribution in [0.5, 0.6) is 5.75 Å². The molecular weight excluding hydrogens is 1330 g/mol. The SMILES string of the molecule is C=C(C)[B-](F)(F)F.C=C(C)c1cccc(C)c1C(F)(F)F.CC(I)(I)I.CCC.Cc1cccc(Br)c1C(F)(F)F.Fc1cccc(Br)c1C(F)(F)F.Oc1ccccc1.[K+]. The van der Waals surface area contributed by atoms with Gasteiger partial charge in [0, 0.05) is 8.95 Å². The molecule has 0 amide bonds. The van der Waals surface area contributed by atoms with Crippen molar-refractivity contribution in [3.05, 3.63) is 152 Å².